The van der Waals surface area contributed by atoms with Gasteiger partial charge < -0.3 is 9.90 Å². The minimum Gasteiger partial charge on any atom is -0.545 e. The van der Waals surface area contributed by atoms with Gasteiger partial charge in [0.15, 0.2) is 14.7 Å². The lowest BCUT2D eigenvalue weighted by Crippen LogP contribution is -2.21. The van der Waals surface area contributed by atoms with Crippen LogP contribution in [0.4, 0.5) is 0 Å². The summed E-state index contributed by atoms with van der Waals surface area (Å²) in [5, 5.41) is 10.1. The molecule has 0 saturated carbocycles. The lowest BCUT2D eigenvalue weighted by atomic mass is 10.1. The van der Waals surface area contributed by atoms with Crippen LogP contribution in [0.2, 0.25) is 0 Å². The van der Waals surface area contributed by atoms with Gasteiger partial charge >= 0.3 is 0 Å². The number of hydrogen-bond donors (Lipinski definition) is 0. The molecule has 0 fully saturated rings. The lowest BCUT2D eigenvalue weighted by molar-refractivity contribution is -0.255. The van der Waals surface area contributed by atoms with E-state index in [4.69, 9.17) is 0 Å². The largest absolute Gasteiger partial charge is 0.545 e. The van der Waals surface area contributed by atoms with Gasteiger partial charge in [-0.2, -0.15) is 0 Å². The predicted octanol–water partition coefficient (Wildman–Crippen LogP) is 6.68. The minimum atomic E-state index is -1.13. The van der Waals surface area contributed by atoms with Gasteiger partial charge in [0.25, 0.3) is 0 Å². The summed E-state index contributed by atoms with van der Waals surface area (Å²) in [5.74, 6) is -1.13. The van der Waals surface area contributed by atoms with Gasteiger partial charge in [-0.05, 0) is 65.3 Å². The molecule has 0 heterocycles. The zero-order valence-corrected chi connectivity index (χ0v) is 21.6. The zero-order chi connectivity index (χ0) is 24.8. The first-order chi connectivity index (χ1) is 16.2. The van der Waals surface area contributed by atoms with Crippen LogP contribution in [0.1, 0.15) is 43.7 Å². The van der Waals surface area contributed by atoms with Gasteiger partial charge in [0.2, 0.25) is 0 Å². The number of carboxylic acids is 1. The van der Waals surface area contributed by atoms with Crippen molar-refractivity contribution < 1.29 is 9.90 Å². The number of carbonyl (C=O) groups is 1. The topological polar surface area (TPSA) is 40.1 Å². The second kappa shape index (κ2) is 11.2. The third kappa shape index (κ3) is 6.18. The summed E-state index contributed by atoms with van der Waals surface area (Å²) < 4.78 is 0. The highest BCUT2D eigenvalue weighted by Crippen LogP contribution is 2.37. The molecular formula is C31H32O2S. The van der Waals surface area contributed by atoms with Crippen LogP contribution in [0.3, 0.4) is 0 Å². The van der Waals surface area contributed by atoms with E-state index in [-0.39, 0.29) is 16.5 Å². The van der Waals surface area contributed by atoms with Crippen LogP contribution in [-0.2, 0) is 10.9 Å². The van der Waals surface area contributed by atoms with Crippen molar-refractivity contribution >= 4 is 16.9 Å². The van der Waals surface area contributed by atoms with Gasteiger partial charge in [0.05, 0.1) is 5.97 Å². The lowest BCUT2D eigenvalue weighted by Gasteiger charge is -2.15. The molecule has 3 heteroatoms. The second-order valence-electron chi connectivity index (χ2n) is 8.77. The molecule has 0 radical (unpaired) electrons. The van der Waals surface area contributed by atoms with Crippen LogP contribution in [0.15, 0.2) is 99.6 Å². The van der Waals surface area contributed by atoms with Crippen LogP contribution in [0.25, 0.3) is 0 Å². The van der Waals surface area contributed by atoms with Gasteiger partial charge in [-0.25, -0.2) is 0 Å². The van der Waals surface area contributed by atoms with E-state index in [0.29, 0.717) is 0 Å². The van der Waals surface area contributed by atoms with Crippen LogP contribution >= 0.6 is 0 Å². The van der Waals surface area contributed by atoms with E-state index in [1.165, 1.54) is 60.2 Å². The summed E-state index contributed by atoms with van der Waals surface area (Å²) in [5.41, 5.74) is 8.33. The predicted molar refractivity (Wildman–Crippen MR) is 141 cm³/mol. The van der Waals surface area contributed by atoms with E-state index < -0.39 is 5.97 Å². The highest BCUT2D eigenvalue weighted by atomic mass is 32.2. The monoisotopic (exact) mass is 468 g/mol. The summed E-state index contributed by atoms with van der Waals surface area (Å²) in [6.07, 6.45) is 0. The molecule has 174 valence electrons. The van der Waals surface area contributed by atoms with Gasteiger partial charge in [0, 0.05) is 16.7 Å². The number of hydrogen-bond acceptors (Lipinski definition) is 2. The van der Waals surface area contributed by atoms with Crippen molar-refractivity contribution in [3.05, 3.63) is 124 Å². The Morgan fingerprint density at radius 2 is 0.912 bits per heavy atom. The Labute approximate surface area is 206 Å². The van der Waals surface area contributed by atoms with E-state index in [1.54, 1.807) is 18.2 Å². The third-order valence-corrected chi connectivity index (χ3v) is 8.35. The first-order valence-electron chi connectivity index (χ1n) is 11.4. The number of aromatic carboxylic acids is 1. The molecule has 0 unspecified atom stereocenters. The fourth-order valence-corrected chi connectivity index (χ4v) is 6.48. The molecule has 0 saturated heterocycles. The normalized spacial score (nSPS) is 10.6. The molecule has 0 bridgehead atoms. The summed E-state index contributed by atoms with van der Waals surface area (Å²) in [7, 11) is -0.0742. The van der Waals surface area contributed by atoms with Gasteiger partial charge in [-0.3, -0.25) is 0 Å². The first-order valence-corrected chi connectivity index (χ1v) is 12.6. The molecule has 2 nitrogen and oxygen atoms in total. The molecular weight excluding hydrogens is 436 g/mol. The Hall–Kier alpha value is -3.30. The maximum Gasteiger partial charge on any atom is 0.169 e. The molecule has 34 heavy (non-hydrogen) atoms. The number of aryl methyl sites for hydroxylation is 6. The Morgan fingerprint density at radius 3 is 1.18 bits per heavy atom. The standard InChI is InChI=1S/C24H27S.C7H6O2/c1-16-7-10-22(19(4)13-16)25(23-11-8-17(2)14-20(23)5)24-12-9-18(3)15-21(24)6;8-7(9)6-4-2-1-3-5-6/h7-15H,1-6H3;1-5H,(H,8,9)/q+1;/p-1. The first kappa shape index (κ1) is 25.3. The number of rotatable bonds is 4. The summed E-state index contributed by atoms with van der Waals surface area (Å²) >= 11 is 0. The van der Waals surface area contributed by atoms with Crippen LogP contribution in [0.5, 0.6) is 0 Å². The number of carbonyl (C=O) groups excluding carboxylic acids is 1. The maximum absolute atomic E-state index is 10.1. The summed E-state index contributed by atoms with van der Waals surface area (Å²) in [4.78, 5) is 14.4. The summed E-state index contributed by atoms with van der Waals surface area (Å²) in [6, 6.07) is 28.7. The quantitative estimate of drug-likeness (QED) is 0.313. The minimum absolute atomic E-state index is 0.0742. The molecule has 0 aliphatic rings. The van der Waals surface area contributed by atoms with E-state index in [0.717, 1.165) is 0 Å². The molecule has 0 atom stereocenters. The molecule has 0 aliphatic carbocycles. The second-order valence-corrected chi connectivity index (χ2v) is 10.7. The van der Waals surface area contributed by atoms with Crippen molar-refractivity contribution in [1.82, 2.24) is 0 Å². The fourth-order valence-electron chi connectivity index (χ4n) is 4.01. The SMILES string of the molecule is Cc1ccc([S+](c2ccc(C)cc2C)c2ccc(C)cc2C)c(C)c1.O=C([O-])c1ccccc1. The highest BCUT2D eigenvalue weighted by molar-refractivity contribution is 7.97. The van der Waals surface area contributed by atoms with E-state index >= 15 is 0 Å². The number of carboxylic acid groups (broad SMARTS) is 1. The average molecular weight is 469 g/mol. The van der Waals surface area contributed by atoms with Crippen LogP contribution in [0, 0.1) is 41.5 Å². The molecule has 4 aromatic carbocycles. The van der Waals surface area contributed by atoms with Crippen molar-refractivity contribution in [2.24, 2.45) is 0 Å². The molecule has 0 N–H and O–H groups in total. The van der Waals surface area contributed by atoms with Crippen molar-refractivity contribution in [1.29, 1.82) is 0 Å². The van der Waals surface area contributed by atoms with E-state index in [1.807, 2.05) is 0 Å². The van der Waals surface area contributed by atoms with Gasteiger partial charge in [-0.1, -0.05) is 83.4 Å². The molecule has 0 aromatic heterocycles. The van der Waals surface area contributed by atoms with Crippen LogP contribution < -0.4 is 5.11 Å². The Bertz CT molecular complexity index is 1170. The van der Waals surface area contributed by atoms with Crippen LogP contribution in [-0.4, -0.2) is 5.97 Å². The van der Waals surface area contributed by atoms with Gasteiger partial charge in [0.1, 0.15) is 10.9 Å². The number of benzene rings is 4. The summed E-state index contributed by atoms with van der Waals surface area (Å²) in [6.45, 7) is 13.2. The highest BCUT2D eigenvalue weighted by Gasteiger charge is 2.33. The Morgan fingerprint density at radius 1 is 0.559 bits per heavy atom. The van der Waals surface area contributed by atoms with Crippen molar-refractivity contribution in [2.75, 3.05) is 0 Å². The van der Waals surface area contributed by atoms with Crippen molar-refractivity contribution in [3.63, 3.8) is 0 Å². The molecule has 4 aromatic rings. The average Bonchev–Trinajstić information content (AvgIpc) is 2.78. The van der Waals surface area contributed by atoms with Crippen molar-refractivity contribution in [2.45, 2.75) is 56.2 Å². The molecule has 0 spiro atoms. The van der Waals surface area contributed by atoms with Gasteiger partial charge in [-0.15, -0.1) is 0 Å². The zero-order valence-electron chi connectivity index (χ0n) is 20.8. The smallest absolute Gasteiger partial charge is 0.169 e. The van der Waals surface area contributed by atoms with Crippen molar-refractivity contribution in [3.8, 4) is 0 Å². The molecule has 4 rings (SSSR count). The maximum atomic E-state index is 10.1. The fraction of sp³-hybridized carbons (Fsp3) is 0.194. The van der Waals surface area contributed by atoms with E-state index in [2.05, 4.69) is 96.1 Å². The molecule has 0 amide bonds. The third-order valence-electron chi connectivity index (χ3n) is 5.66. The van der Waals surface area contributed by atoms with E-state index in [9.17, 15) is 9.90 Å². The Kier molecular flexibility index (Phi) is 8.36. The Balaban J connectivity index is 0.000000302. The molecule has 0 aliphatic heterocycles.